The molecule has 2 heterocycles. The predicted molar refractivity (Wildman–Crippen MR) is 117 cm³/mol. The maximum absolute atomic E-state index is 10.9. The van der Waals surface area contributed by atoms with Crippen molar-refractivity contribution in [1.29, 1.82) is 0 Å². The van der Waals surface area contributed by atoms with Gasteiger partial charge in [-0.05, 0) is 41.2 Å². The fourth-order valence-electron chi connectivity index (χ4n) is 4.06. The first kappa shape index (κ1) is 22.7. The van der Waals surface area contributed by atoms with Crippen LogP contribution >= 0.6 is 0 Å². The van der Waals surface area contributed by atoms with Crippen molar-refractivity contribution >= 4 is 10.9 Å². The second-order valence-corrected chi connectivity index (χ2v) is 8.56. The molecular weight excluding hydrogens is 414 g/mol. The van der Waals surface area contributed by atoms with E-state index < -0.39 is 37.0 Å². The Bertz CT molecular complexity index is 1060. The molecule has 0 bridgehead atoms. The minimum absolute atomic E-state index is 0.205. The lowest BCUT2D eigenvalue weighted by molar-refractivity contribution is -0.385. The van der Waals surface area contributed by atoms with Crippen LogP contribution in [-0.2, 0) is 11.2 Å². The Balaban J connectivity index is 1.66. The Morgan fingerprint density at radius 1 is 1.09 bits per heavy atom. The van der Waals surface area contributed by atoms with Crippen molar-refractivity contribution in [3.63, 3.8) is 0 Å². The van der Waals surface area contributed by atoms with Gasteiger partial charge in [-0.2, -0.15) is 0 Å². The van der Waals surface area contributed by atoms with Gasteiger partial charge in [0, 0.05) is 17.1 Å². The number of nitrogens with one attached hydrogen (secondary N) is 1. The standard InChI is InChI=1S/C24H29NO7/c1-13(2)15-8-6-14(7-9-15)10-16-11-25-17-4-3-5-18(20(16)17)32-24(30)22(28)21(27)19(12-26)31-23(24)29/h3-9,11,13,19,21-23,25-30H,10,12H2,1-2H3/t19-,21-,22+,23+,24+/m1/s1. The van der Waals surface area contributed by atoms with Crippen LogP contribution < -0.4 is 4.74 Å². The molecule has 0 unspecified atom stereocenters. The van der Waals surface area contributed by atoms with Gasteiger partial charge in [-0.1, -0.05) is 44.2 Å². The molecule has 4 rings (SSSR count). The predicted octanol–water partition coefficient (Wildman–Crippen LogP) is 1.38. The van der Waals surface area contributed by atoms with Crippen LogP contribution in [0.15, 0.2) is 48.7 Å². The summed E-state index contributed by atoms with van der Waals surface area (Å²) in [6, 6.07) is 13.5. The monoisotopic (exact) mass is 443 g/mol. The van der Waals surface area contributed by atoms with Crippen LogP contribution in [0.3, 0.4) is 0 Å². The lowest BCUT2D eigenvalue weighted by atomic mass is 9.95. The van der Waals surface area contributed by atoms with Gasteiger partial charge in [-0.25, -0.2) is 0 Å². The first-order chi connectivity index (χ1) is 15.2. The van der Waals surface area contributed by atoms with Crippen LogP contribution in [0, 0.1) is 0 Å². The van der Waals surface area contributed by atoms with Crippen molar-refractivity contribution in [2.24, 2.45) is 0 Å². The Hall–Kier alpha value is -2.46. The average molecular weight is 443 g/mol. The molecule has 2 aromatic carbocycles. The van der Waals surface area contributed by atoms with Crippen molar-refractivity contribution in [3.05, 3.63) is 65.4 Å². The number of aromatic nitrogens is 1. The molecule has 1 aliphatic heterocycles. The summed E-state index contributed by atoms with van der Waals surface area (Å²) in [6.45, 7) is 3.64. The Labute approximate surface area is 185 Å². The zero-order valence-electron chi connectivity index (χ0n) is 18.0. The summed E-state index contributed by atoms with van der Waals surface area (Å²) in [5.74, 6) is -1.99. The molecule has 1 fully saturated rings. The van der Waals surface area contributed by atoms with Crippen LogP contribution in [0.2, 0.25) is 0 Å². The zero-order valence-corrected chi connectivity index (χ0v) is 18.0. The SMILES string of the molecule is CC(C)c1ccc(Cc2c[nH]c3cccc(O[C@]4(O)[C@@H](O)O[C@H](CO)[C@@H](O)[C@@H]4O)c23)cc1. The summed E-state index contributed by atoms with van der Waals surface area (Å²) in [5.41, 5.74) is 3.98. The molecule has 8 heteroatoms. The minimum atomic E-state index is -2.63. The first-order valence-electron chi connectivity index (χ1n) is 10.6. The van der Waals surface area contributed by atoms with E-state index in [1.165, 1.54) is 5.56 Å². The molecule has 6 N–H and O–H groups in total. The van der Waals surface area contributed by atoms with E-state index in [1.54, 1.807) is 12.1 Å². The summed E-state index contributed by atoms with van der Waals surface area (Å²) in [5, 5.41) is 51.7. The summed E-state index contributed by atoms with van der Waals surface area (Å²) >= 11 is 0. The van der Waals surface area contributed by atoms with E-state index in [1.807, 2.05) is 12.3 Å². The third-order valence-electron chi connectivity index (χ3n) is 6.03. The number of H-pyrrole nitrogens is 1. The van der Waals surface area contributed by atoms with Crippen molar-refractivity contribution in [3.8, 4) is 5.75 Å². The van der Waals surface area contributed by atoms with Gasteiger partial charge in [-0.3, -0.25) is 0 Å². The highest BCUT2D eigenvalue weighted by atomic mass is 16.7. The summed E-state index contributed by atoms with van der Waals surface area (Å²) in [6.07, 6.45) is -4.37. The Kier molecular flexibility index (Phi) is 6.26. The molecule has 8 nitrogen and oxygen atoms in total. The summed E-state index contributed by atoms with van der Waals surface area (Å²) in [7, 11) is 0. The van der Waals surface area contributed by atoms with E-state index in [-0.39, 0.29) is 5.75 Å². The quantitative estimate of drug-likeness (QED) is 0.317. The van der Waals surface area contributed by atoms with Gasteiger partial charge in [0.15, 0.2) is 6.10 Å². The zero-order chi connectivity index (χ0) is 23.0. The molecule has 1 aliphatic rings. The number of fused-ring (bicyclic) bond motifs is 1. The number of benzene rings is 2. The van der Waals surface area contributed by atoms with Gasteiger partial charge in [-0.15, -0.1) is 0 Å². The third kappa shape index (κ3) is 4.01. The highest BCUT2D eigenvalue weighted by Gasteiger charge is 2.57. The van der Waals surface area contributed by atoms with Crippen LogP contribution in [0.25, 0.3) is 10.9 Å². The maximum atomic E-state index is 10.9. The molecule has 1 aromatic heterocycles. The van der Waals surface area contributed by atoms with Gasteiger partial charge in [0.2, 0.25) is 6.29 Å². The Morgan fingerprint density at radius 2 is 1.81 bits per heavy atom. The van der Waals surface area contributed by atoms with Gasteiger partial charge in [0.05, 0.1) is 6.61 Å². The fraction of sp³-hybridized carbons (Fsp3) is 0.417. The summed E-state index contributed by atoms with van der Waals surface area (Å²) < 4.78 is 10.8. The first-order valence-corrected chi connectivity index (χ1v) is 10.6. The lowest BCUT2D eigenvalue weighted by Crippen LogP contribution is -2.69. The normalized spacial score (nSPS) is 28.4. The molecule has 0 aliphatic carbocycles. The van der Waals surface area contributed by atoms with Crippen LogP contribution in [0.4, 0.5) is 0 Å². The lowest BCUT2D eigenvalue weighted by Gasteiger charge is -2.45. The molecule has 5 atom stereocenters. The van der Waals surface area contributed by atoms with Crippen molar-refractivity contribution in [1.82, 2.24) is 4.98 Å². The second kappa shape index (κ2) is 8.82. The van der Waals surface area contributed by atoms with Gasteiger partial charge in [0.1, 0.15) is 18.0 Å². The number of aliphatic hydroxyl groups is 5. The fourth-order valence-corrected chi connectivity index (χ4v) is 4.06. The van der Waals surface area contributed by atoms with Crippen molar-refractivity contribution < 1.29 is 35.0 Å². The maximum Gasteiger partial charge on any atom is 0.288 e. The number of ether oxygens (including phenoxy) is 2. The van der Waals surface area contributed by atoms with E-state index in [9.17, 15) is 25.5 Å². The molecule has 1 saturated heterocycles. The van der Waals surface area contributed by atoms with Crippen LogP contribution in [-0.4, -0.2) is 67.5 Å². The highest BCUT2D eigenvalue weighted by molar-refractivity contribution is 5.89. The van der Waals surface area contributed by atoms with Crippen molar-refractivity contribution in [2.45, 2.75) is 56.6 Å². The largest absolute Gasteiger partial charge is 0.454 e. The van der Waals surface area contributed by atoms with E-state index >= 15 is 0 Å². The number of rotatable bonds is 6. The van der Waals surface area contributed by atoms with E-state index in [0.29, 0.717) is 17.7 Å². The minimum Gasteiger partial charge on any atom is -0.454 e. The molecule has 0 spiro atoms. The average Bonchev–Trinajstić information content (AvgIpc) is 3.19. The van der Waals surface area contributed by atoms with E-state index in [2.05, 4.69) is 43.1 Å². The Morgan fingerprint density at radius 3 is 2.47 bits per heavy atom. The second-order valence-electron chi connectivity index (χ2n) is 8.56. The number of aliphatic hydroxyl groups excluding tert-OH is 4. The molecule has 0 amide bonds. The molecule has 3 aromatic rings. The number of hydrogen-bond donors (Lipinski definition) is 6. The topological polar surface area (TPSA) is 135 Å². The highest BCUT2D eigenvalue weighted by Crippen LogP contribution is 2.36. The number of aromatic amines is 1. The van der Waals surface area contributed by atoms with Crippen LogP contribution in [0.1, 0.15) is 36.5 Å². The molecule has 32 heavy (non-hydrogen) atoms. The smallest absolute Gasteiger partial charge is 0.288 e. The van der Waals surface area contributed by atoms with Gasteiger partial charge >= 0.3 is 0 Å². The van der Waals surface area contributed by atoms with Gasteiger partial charge in [0.25, 0.3) is 5.79 Å². The van der Waals surface area contributed by atoms with Gasteiger partial charge < -0.3 is 40.0 Å². The van der Waals surface area contributed by atoms with Crippen LogP contribution in [0.5, 0.6) is 5.75 Å². The summed E-state index contributed by atoms with van der Waals surface area (Å²) in [4.78, 5) is 3.18. The number of hydrogen-bond acceptors (Lipinski definition) is 7. The van der Waals surface area contributed by atoms with E-state index in [0.717, 1.165) is 16.6 Å². The van der Waals surface area contributed by atoms with E-state index in [4.69, 9.17) is 9.47 Å². The molecular formula is C24H29NO7. The van der Waals surface area contributed by atoms with Crippen molar-refractivity contribution in [2.75, 3.05) is 6.61 Å². The molecule has 0 radical (unpaired) electrons. The third-order valence-corrected chi connectivity index (χ3v) is 6.03. The molecule has 172 valence electrons. The molecule has 0 saturated carbocycles.